The Morgan fingerprint density at radius 3 is 1.91 bits per heavy atom. The monoisotopic (exact) mass is 461 g/mol. The molecule has 0 spiro atoms. The van der Waals surface area contributed by atoms with Gasteiger partial charge in [0.25, 0.3) is 0 Å². The summed E-state index contributed by atoms with van der Waals surface area (Å²) in [5.41, 5.74) is 1.38. The average Bonchev–Trinajstić information content (AvgIpc) is 3.07. The van der Waals surface area contributed by atoms with E-state index in [-0.39, 0.29) is 23.3 Å². The highest BCUT2D eigenvalue weighted by atomic mass is 28.4. The van der Waals surface area contributed by atoms with Gasteiger partial charge in [-0.3, -0.25) is 4.90 Å². The molecule has 0 fully saturated rings. The predicted molar refractivity (Wildman–Crippen MR) is 128 cm³/mol. The van der Waals surface area contributed by atoms with Gasteiger partial charge in [0.2, 0.25) is 8.32 Å². The minimum atomic E-state index is -3.10. The summed E-state index contributed by atoms with van der Waals surface area (Å²) < 4.78 is 17.9. The Morgan fingerprint density at radius 2 is 1.44 bits per heavy atom. The van der Waals surface area contributed by atoms with E-state index in [1.807, 2.05) is 42.3 Å². The molecule has 0 aliphatic carbocycles. The van der Waals surface area contributed by atoms with Crippen LogP contribution in [0, 0.1) is 0 Å². The third-order valence-electron chi connectivity index (χ3n) is 5.92. The molecule has 1 aromatic carbocycles. The van der Waals surface area contributed by atoms with Crippen LogP contribution in [-0.4, -0.2) is 51.6 Å². The number of likely N-dealkylation sites (N-methyl/N-ethyl adjacent to an activating group) is 1. The van der Waals surface area contributed by atoms with Crippen molar-refractivity contribution in [1.82, 2.24) is 4.90 Å². The maximum absolute atomic E-state index is 13.4. The van der Waals surface area contributed by atoms with Crippen molar-refractivity contribution >= 4 is 20.3 Å². The summed E-state index contributed by atoms with van der Waals surface area (Å²) in [5, 5.41) is -0.358. The molecule has 1 atom stereocenters. The molecule has 178 valence electrons. The van der Waals surface area contributed by atoms with Crippen molar-refractivity contribution in [2.45, 2.75) is 78.2 Å². The molecule has 0 aromatic heterocycles. The van der Waals surface area contributed by atoms with Gasteiger partial charge in [-0.05, 0) is 36.5 Å². The average molecular weight is 462 g/mol. The quantitative estimate of drug-likeness (QED) is 0.421. The van der Waals surface area contributed by atoms with Gasteiger partial charge in [-0.25, -0.2) is 9.59 Å². The minimum absolute atomic E-state index is 0.215. The van der Waals surface area contributed by atoms with Gasteiger partial charge >= 0.3 is 11.9 Å². The Kier molecular flexibility index (Phi) is 8.13. The number of carbonyl (C=O) groups is 2. The summed E-state index contributed by atoms with van der Waals surface area (Å²) >= 11 is 0. The first-order valence-electron chi connectivity index (χ1n) is 11.3. The normalized spacial score (nSPS) is 18.8. The van der Waals surface area contributed by atoms with E-state index in [0.717, 1.165) is 5.56 Å². The van der Waals surface area contributed by atoms with Crippen LogP contribution in [0.2, 0.25) is 10.1 Å². The third-order valence-corrected chi connectivity index (χ3v) is 11.9. The number of carbonyl (C=O) groups excluding carboxylic acids is 2. The highest BCUT2D eigenvalue weighted by molar-refractivity contribution is 6.90. The van der Waals surface area contributed by atoms with Crippen LogP contribution in [0.25, 0.3) is 0 Å². The van der Waals surface area contributed by atoms with Crippen molar-refractivity contribution in [2.75, 3.05) is 20.3 Å². The van der Waals surface area contributed by atoms with Crippen molar-refractivity contribution in [2.24, 2.45) is 0 Å². The second kappa shape index (κ2) is 9.89. The fourth-order valence-corrected chi connectivity index (χ4v) is 11.1. The van der Waals surface area contributed by atoms with Gasteiger partial charge in [-0.1, -0.05) is 71.9 Å². The Hall–Kier alpha value is -1.96. The summed E-state index contributed by atoms with van der Waals surface area (Å²) in [6.07, 6.45) is -0.696. The topological polar surface area (TPSA) is 65.1 Å². The summed E-state index contributed by atoms with van der Waals surface area (Å²) in [7, 11) is -1.19. The molecule has 1 aliphatic rings. The fraction of sp³-hybridized carbons (Fsp3) is 0.600. The van der Waals surface area contributed by atoms with Crippen LogP contribution >= 0.6 is 0 Å². The molecule has 2 rings (SSSR count). The lowest BCUT2D eigenvalue weighted by Gasteiger charge is -2.49. The Balaban J connectivity index is 2.76. The largest absolute Gasteiger partial charge is 0.463 e. The zero-order valence-electron chi connectivity index (χ0n) is 21.1. The number of nitrogens with zero attached hydrogens (tertiary/aromatic N) is 1. The van der Waals surface area contributed by atoms with Gasteiger partial charge in [0.15, 0.2) is 0 Å². The Labute approximate surface area is 194 Å². The number of hydrogen-bond acceptors (Lipinski definition) is 6. The van der Waals surface area contributed by atoms with Crippen LogP contribution in [0.1, 0.15) is 61.0 Å². The zero-order valence-corrected chi connectivity index (χ0v) is 22.1. The van der Waals surface area contributed by atoms with E-state index in [1.165, 1.54) is 0 Å². The maximum Gasteiger partial charge on any atom is 0.338 e. The van der Waals surface area contributed by atoms with Gasteiger partial charge in [-0.15, -0.1) is 0 Å². The van der Waals surface area contributed by atoms with Crippen LogP contribution < -0.4 is 0 Å². The van der Waals surface area contributed by atoms with E-state index < -0.39 is 26.5 Å². The minimum Gasteiger partial charge on any atom is -0.463 e. The number of ether oxygens (including phenoxy) is 2. The fourth-order valence-electron chi connectivity index (χ4n) is 4.96. The molecule has 0 saturated carbocycles. The molecule has 0 N–H and O–H groups in total. The molecule has 1 heterocycles. The second-order valence-corrected chi connectivity index (χ2v) is 15.4. The smallest absolute Gasteiger partial charge is 0.338 e. The molecule has 7 heteroatoms. The summed E-state index contributed by atoms with van der Waals surface area (Å²) in [4.78, 5) is 28.7. The molecule has 1 aliphatic heterocycles. The van der Waals surface area contributed by atoms with Gasteiger partial charge in [0.05, 0.1) is 24.0 Å². The first-order valence-corrected chi connectivity index (χ1v) is 13.2. The molecule has 0 amide bonds. The first-order chi connectivity index (χ1) is 14.8. The van der Waals surface area contributed by atoms with Crippen molar-refractivity contribution in [1.29, 1.82) is 0 Å². The lowest BCUT2D eigenvalue weighted by molar-refractivity contribution is -0.142. The standard InChI is InChI=1S/C25H39NO5Si/c1-10-29-22(27)19-20(23(28)30-11-2)32(24(3,4)5,25(6,7)8)31-21(19)26(9)17-18-15-13-12-14-16-18/h12-16,21H,10-11,17H2,1-9H3. The van der Waals surface area contributed by atoms with Crippen molar-refractivity contribution in [3.63, 3.8) is 0 Å². The molecule has 32 heavy (non-hydrogen) atoms. The van der Waals surface area contributed by atoms with E-state index >= 15 is 0 Å². The lowest BCUT2D eigenvalue weighted by atomic mass is 10.1. The maximum atomic E-state index is 13.4. The van der Waals surface area contributed by atoms with Crippen LogP contribution in [0.15, 0.2) is 41.1 Å². The van der Waals surface area contributed by atoms with E-state index in [2.05, 4.69) is 41.5 Å². The second-order valence-electron chi connectivity index (χ2n) is 10.3. The van der Waals surface area contributed by atoms with Crippen molar-refractivity contribution in [3.8, 4) is 0 Å². The van der Waals surface area contributed by atoms with Gasteiger partial charge in [0, 0.05) is 6.54 Å². The summed E-state index contributed by atoms with van der Waals surface area (Å²) in [5.74, 6) is -0.981. The molecule has 1 unspecified atom stereocenters. The van der Waals surface area contributed by atoms with Crippen LogP contribution in [-0.2, 0) is 30.0 Å². The number of hydrogen-bond donors (Lipinski definition) is 0. The van der Waals surface area contributed by atoms with E-state index in [0.29, 0.717) is 17.3 Å². The molecule has 6 nitrogen and oxygen atoms in total. The first kappa shape index (κ1) is 26.3. The van der Waals surface area contributed by atoms with E-state index in [1.54, 1.807) is 13.8 Å². The van der Waals surface area contributed by atoms with Gasteiger partial charge in [-0.2, -0.15) is 0 Å². The van der Waals surface area contributed by atoms with Crippen LogP contribution in [0.4, 0.5) is 0 Å². The molecule has 0 bridgehead atoms. The number of esters is 2. The third kappa shape index (κ3) is 4.85. The Bertz CT molecular complexity index is 837. The Morgan fingerprint density at radius 1 is 0.938 bits per heavy atom. The lowest BCUT2D eigenvalue weighted by Crippen LogP contribution is -2.57. The van der Waals surface area contributed by atoms with Gasteiger partial charge in [0.1, 0.15) is 6.23 Å². The van der Waals surface area contributed by atoms with Crippen LogP contribution in [0.3, 0.4) is 0 Å². The predicted octanol–water partition coefficient (Wildman–Crippen LogP) is 4.98. The van der Waals surface area contributed by atoms with E-state index in [9.17, 15) is 9.59 Å². The highest BCUT2D eigenvalue weighted by Crippen LogP contribution is 2.60. The summed E-state index contributed by atoms with van der Waals surface area (Å²) in [6.45, 7) is 17.1. The summed E-state index contributed by atoms with van der Waals surface area (Å²) in [6, 6.07) is 9.99. The SMILES string of the molecule is CCOC(=O)C1=C(C(=O)OCC)[Si](C(C)(C)C)(C(C)(C)C)OC1N(C)Cc1ccccc1. The van der Waals surface area contributed by atoms with E-state index in [4.69, 9.17) is 13.9 Å². The number of rotatable bonds is 7. The zero-order chi connectivity index (χ0) is 24.3. The van der Waals surface area contributed by atoms with Gasteiger partial charge < -0.3 is 13.9 Å². The highest BCUT2D eigenvalue weighted by Gasteiger charge is 2.67. The van der Waals surface area contributed by atoms with Crippen molar-refractivity contribution < 1.29 is 23.5 Å². The molecular weight excluding hydrogens is 422 g/mol. The number of benzene rings is 1. The molecular formula is C25H39NO5Si. The molecule has 0 saturated heterocycles. The molecule has 0 radical (unpaired) electrons. The molecule has 1 aromatic rings. The van der Waals surface area contributed by atoms with Crippen molar-refractivity contribution in [3.05, 3.63) is 46.7 Å². The van der Waals surface area contributed by atoms with Crippen LogP contribution in [0.5, 0.6) is 0 Å².